The van der Waals surface area contributed by atoms with Gasteiger partial charge in [0.05, 0.1) is 24.5 Å². The number of carbonyl (C=O) groups is 2. The average Bonchev–Trinajstić information content (AvgIpc) is 3.09. The van der Waals surface area contributed by atoms with Crippen LogP contribution < -0.4 is 4.74 Å². The van der Waals surface area contributed by atoms with Gasteiger partial charge in [0.25, 0.3) is 0 Å². The molecule has 2 aromatic rings. The third kappa shape index (κ3) is 4.27. The van der Waals surface area contributed by atoms with Gasteiger partial charge in [0.15, 0.2) is 0 Å². The normalized spacial score (nSPS) is 14.6. The number of amides is 1. The fraction of sp³-hybridized carbons (Fsp3) is 0.450. The van der Waals surface area contributed by atoms with Crippen molar-refractivity contribution in [3.05, 3.63) is 28.8 Å². The lowest BCUT2D eigenvalue weighted by atomic mass is 10.1. The van der Waals surface area contributed by atoms with Crippen LogP contribution in [0.2, 0.25) is 0 Å². The summed E-state index contributed by atoms with van der Waals surface area (Å²) in [5.74, 6) is 0.118. The summed E-state index contributed by atoms with van der Waals surface area (Å²) in [5.41, 5.74) is 1.70. The van der Waals surface area contributed by atoms with Gasteiger partial charge in [0, 0.05) is 13.1 Å². The number of carbonyl (C=O) groups excluding carboxylic acids is 2. The van der Waals surface area contributed by atoms with Crippen LogP contribution in [0, 0.1) is 0 Å². The number of benzene rings is 1. The summed E-state index contributed by atoms with van der Waals surface area (Å²) in [6, 6.07) is 3.40. The van der Waals surface area contributed by atoms with Crippen LogP contribution in [-0.4, -0.2) is 54.9 Å². The van der Waals surface area contributed by atoms with Crippen LogP contribution in [0.5, 0.6) is 5.75 Å². The Hall–Kier alpha value is -2.61. The van der Waals surface area contributed by atoms with Crippen LogP contribution in [0.3, 0.4) is 0 Å². The molecule has 0 N–H and O–H groups in total. The zero-order valence-electron chi connectivity index (χ0n) is 16.7. The lowest BCUT2D eigenvalue weighted by molar-refractivity contribution is 0.0270. The van der Waals surface area contributed by atoms with Crippen LogP contribution in [0.1, 0.15) is 42.6 Å². The third-order valence-electron chi connectivity index (χ3n) is 4.24. The number of rotatable bonds is 3. The van der Waals surface area contributed by atoms with Crippen molar-refractivity contribution in [2.45, 2.75) is 32.8 Å². The zero-order chi connectivity index (χ0) is 20.5. The first-order chi connectivity index (χ1) is 13.2. The van der Waals surface area contributed by atoms with Gasteiger partial charge >= 0.3 is 12.1 Å². The van der Waals surface area contributed by atoms with E-state index < -0.39 is 11.6 Å². The Balaban J connectivity index is 1.84. The molecule has 0 spiro atoms. The number of nitrogens with zero attached hydrogens (tertiary/aromatic N) is 2. The number of fused-ring (bicyclic) bond motifs is 1. The van der Waals surface area contributed by atoms with E-state index in [4.69, 9.17) is 19.2 Å². The Morgan fingerprint density at radius 2 is 1.96 bits per heavy atom. The summed E-state index contributed by atoms with van der Waals surface area (Å²) in [4.78, 5) is 30.5. The van der Waals surface area contributed by atoms with E-state index in [1.807, 2.05) is 26.8 Å². The van der Waals surface area contributed by atoms with E-state index in [9.17, 15) is 9.59 Å². The molecule has 0 atom stereocenters. The van der Waals surface area contributed by atoms with E-state index in [0.29, 0.717) is 36.3 Å². The first-order valence-corrected chi connectivity index (χ1v) is 9.77. The minimum absolute atomic E-state index is 0.309. The van der Waals surface area contributed by atoms with Crippen molar-refractivity contribution < 1.29 is 23.8 Å². The second-order valence-electron chi connectivity index (χ2n) is 7.44. The lowest BCUT2D eigenvalue weighted by Gasteiger charge is -2.29. The number of thiazole rings is 1. The third-order valence-corrected chi connectivity index (χ3v) is 5.31. The number of aromatic nitrogens is 1. The highest BCUT2D eigenvalue weighted by molar-refractivity contribution is 7.19. The van der Waals surface area contributed by atoms with Crippen LogP contribution in [0.4, 0.5) is 4.79 Å². The van der Waals surface area contributed by atoms with Crippen molar-refractivity contribution >= 4 is 39.2 Å². The maximum Gasteiger partial charge on any atom is 0.410 e. The molecule has 1 aliphatic heterocycles. The smallest absolute Gasteiger partial charge is 0.410 e. The van der Waals surface area contributed by atoms with Crippen molar-refractivity contribution in [1.29, 1.82) is 0 Å². The average molecular weight is 404 g/mol. The van der Waals surface area contributed by atoms with E-state index in [1.54, 1.807) is 24.1 Å². The van der Waals surface area contributed by atoms with E-state index in [2.05, 4.69) is 0 Å². The number of methoxy groups -OCH3 is 2. The van der Waals surface area contributed by atoms with E-state index in [0.717, 1.165) is 15.3 Å². The second kappa shape index (κ2) is 7.79. The molecule has 1 aromatic carbocycles. The van der Waals surface area contributed by atoms with Gasteiger partial charge < -0.3 is 19.1 Å². The first-order valence-electron chi connectivity index (χ1n) is 8.96. The Morgan fingerprint density at radius 1 is 1.21 bits per heavy atom. The molecule has 1 amide bonds. The predicted octanol–water partition coefficient (Wildman–Crippen LogP) is 4.12. The molecule has 0 bridgehead atoms. The molecule has 0 radical (unpaired) electrons. The summed E-state index contributed by atoms with van der Waals surface area (Å²) >= 11 is 1.49. The van der Waals surface area contributed by atoms with Crippen molar-refractivity contribution in [2.24, 2.45) is 0 Å². The SMILES string of the molecule is COC(=O)c1cc(OC)c2nc(C3=CCN(C(=O)OC(C)(C)C)CC3)sc2c1. The highest BCUT2D eigenvalue weighted by atomic mass is 32.1. The molecule has 2 heterocycles. The van der Waals surface area contributed by atoms with Gasteiger partial charge in [-0.2, -0.15) is 0 Å². The summed E-state index contributed by atoms with van der Waals surface area (Å²) in [5, 5.41) is 0.860. The molecule has 0 unspecified atom stereocenters. The minimum Gasteiger partial charge on any atom is -0.494 e. The summed E-state index contributed by atoms with van der Waals surface area (Å²) in [6.07, 6.45) is 2.38. The summed E-state index contributed by atoms with van der Waals surface area (Å²) in [6.45, 7) is 6.61. The Labute approximate surface area is 167 Å². The molecule has 1 aliphatic rings. The fourth-order valence-corrected chi connectivity index (χ4v) is 3.97. The predicted molar refractivity (Wildman–Crippen MR) is 108 cm³/mol. The van der Waals surface area contributed by atoms with Crippen LogP contribution in [0.15, 0.2) is 18.2 Å². The minimum atomic E-state index is -0.512. The molecule has 7 nitrogen and oxygen atoms in total. The molecule has 28 heavy (non-hydrogen) atoms. The van der Waals surface area contributed by atoms with E-state index in [-0.39, 0.29) is 6.09 Å². The number of hydrogen-bond acceptors (Lipinski definition) is 7. The summed E-state index contributed by atoms with van der Waals surface area (Å²) < 4.78 is 16.5. The van der Waals surface area contributed by atoms with E-state index >= 15 is 0 Å². The first kappa shape index (κ1) is 20.1. The standard InChI is InChI=1S/C20H24N2O5S/c1-20(2,3)27-19(24)22-8-6-12(7-9-22)17-21-16-14(25-4)10-13(18(23)26-5)11-15(16)28-17/h6,10-11H,7-9H2,1-5H3. The molecule has 0 saturated carbocycles. The maximum absolute atomic E-state index is 12.2. The second-order valence-corrected chi connectivity index (χ2v) is 8.47. The lowest BCUT2D eigenvalue weighted by Crippen LogP contribution is -2.39. The zero-order valence-corrected chi connectivity index (χ0v) is 17.5. The van der Waals surface area contributed by atoms with Crippen LogP contribution in [0.25, 0.3) is 15.8 Å². The maximum atomic E-state index is 12.2. The number of hydrogen-bond donors (Lipinski definition) is 0. The van der Waals surface area contributed by atoms with Crippen molar-refractivity contribution in [3.63, 3.8) is 0 Å². The summed E-state index contributed by atoms with van der Waals surface area (Å²) in [7, 11) is 2.90. The van der Waals surface area contributed by atoms with Gasteiger partial charge in [-0.1, -0.05) is 6.08 Å². The topological polar surface area (TPSA) is 78.0 Å². The highest BCUT2D eigenvalue weighted by Crippen LogP contribution is 2.36. The van der Waals surface area contributed by atoms with Crippen molar-refractivity contribution in [1.82, 2.24) is 9.88 Å². The molecule has 0 saturated heterocycles. The molecular formula is C20H24N2O5S. The van der Waals surface area contributed by atoms with Crippen LogP contribution in [-0.2, 0) is 9.47 Å². The molecule has 3 rings (SSSR count). The van der Waals surface area contributed by atoms with Gasteiger partial charge in [0.1, 0.15) is 21.9 Å². The fourth-order valence-electron chi connectivity index (χ4n) is 2.88. The molecule has 150 valence electrons. The largest absolute Gasteiger partial charge is 0.494 e. The molecular weight excluding hydrogens is 380 g/mol. The van der Waals surface area contributed by atoms with E-state index in [1.165, 1.54) is 18.4 Å². The van der Waals surface area contributed by atoms with Gasteiger partial charge in [0.2, 0.25) is 0 Å². The Bertz CT molecular complexity index is 942. The quantitative estimate of drug-likeness (QED) is 0.716. The Morgan fingerprint density at radius 3 is 2.54 bits per heavy atom. The molecule has 8 heteroatoms. The molecule has 0 aliphatic carbocycles. The van der Waals surface area contributed by atoms with Gasteiger partial charge in [-0.05, 0) is 44.9 Å². The number of esters is 1. The number of ether oxygens (including phenoxy) is 3. The van der Waals surface area contributed by atoms with Gasteiger partial charge in [-0.25, -0.2) is 14.6 Å². The van der Waals surface area contributed by atoms with Crippen molar-refractivity contribution in [3.8, 4) is 5.75 Å². The van der Waals surface area contributed by atoms with Gasteiger partial charge in [-0.15, -0.1) is 11.3 Å². The monoisotopic (exact) mass is 404 g/mol. The molecule has 0 fully saturated rings. The van der Waals surface area contributed by atoms with Crippen molar-refractivity contribution in [2.75, 3.05) is 27.3 Å². The van der Waals surface area contributed by atoms with Crippen LogP contribution >= 0.6 is 11.3 Å². The Kier molecular flexibility index (Phi) is 5.60. The highest BCUT2D eigenvalue weighted by Gasteiger charge is 2.25. The molecule has 1 aromatic heterocycles. The van der Waals surface area contributed by atoms with Gasteiger partial charge in [-0.3, -0.25) is 0 Å².